The van der Waals surface area contributed by atoms with Crippen LogP contribution in [0.15, 0.2) is 35.7 Å². The van der Waals surface area contributed by atoms with E-state index >= 15 is 0 Å². The molecule has 1 aromatic heterocycles. The molecule has 1 heterocycles. The maximum absolute atomic E-state index is 12.2. The van der Waals surface area contributed by atoms with E-state index < -0.39 is 0 Å². The average Bonchev–Trinajstić information content (AvgIpc) is 2.84. The van der Waals surface area contributed by atoms with Gasteiger partial charge in [0.25, 0.3) is 5.91 Å². The summed E-state index contributed by atoms with van der Waals surface area (Å²) >= 11 is 1.47. The molecule has 0 saturated heterocycles. The number of ether oxygens (including phenoxy) is 1. The van der Waals surface area contributed by atoms with Crippen molar-refractivity contribution in [1.82, 2.24) is 5.32 Å². The Bertz CT molecular complexity index is 619. The third kappa shape index (κ3) is 4.08. The van der Waals surface area contributed by atoms with Crippen molar-refractivity contribution in [3.8, 4) is 5.75 Å². The minimum atomic E-state index is -0.0605. The molecule has 0 aliphatic carbocycles. The van der Waals surface area contributed by atoms with E-state index in [-0.39, 0.29) is 18.1 Å². The Morgan fingerprint density at radius 3 is 2.62 bits per heavy atom. The fourth-order valence-electron chi connectivity index (χ4n) is 2.08. The molecule has 1 amide bonds. The van der Waals surface area contributed by atoms with E-state index in [1.807, 2.05) is 63.4 Å². The molecule has 112 valence electrons. The molecular weight excluding hydrogens is 282 g/mol. The first-order valence-electron chi connectivity index (χ1n) is 7.09. The van der Waals surface area contributed by atoms with Crippen molar-refractivity contribution in [3.05, 3.63) is 51.7 Å². The van der Waals surface area contributed by atoms with Gasteiger partial charge < -0.3 is 10.1 Å². The summed E-state index contributed by atoms with van der Waals surface area (Å²) < 4.78 is 5.69. The van der Waals surface area contributed by atoms with Crippen LogP contribution in [0, 0.1) is 6.92 Å². The molecule has 0 bridgehead atoms. The number of benzene rings is 1. The Labute approximate surface area is 130 Å². The highest BCUT2D eigenvalue weighted by Crippen LogP contribution is 2.22. The van der Waals surface area contributed by atoms with Crippen molar-refractivity contribution in [2.75, 3.05) is 0 Å². The Balaban J connectivity index is 2.08. The normalized spacial score (nSPS) is 12.2. The lowest BCUT2D eigenvalue weighted by Crippen LogP contribution is -2.26. The summed E-state index contributed by atoms with van der Waals surface area (Å²) in [6.07, 6.45) is 0.138. The van der Waals surface area contributed by atoms with E-state index in [1.54, 1.807) is 0 Å². The van der Waals surface area contributed by atoms with E-state index in [0.717, 1.165) is 21.8 Å². The maximum atomic E-state index is 12.2. The lowest BCUT2D eigenvalue weighted by atomic mass is 10.1. The van der Waals surface area contributed by atoms with Gasteiger partial charge in [0.2, 0.25) is 0 Å². The van der Waals surface area contributed by atoms with Gasteiger partial charge in [0.1, 0.15) is 5.75 Å². The fraction of sp³-hybridized carbons (Fsp3) is 0.353. The van der Waals surface area contributed by atoms with Gasteiger partial charge in [0.15, 0.2) is 0 Å². The number of thiophene rings is 1. The van der Waals surface area contributed by atoms with Gasteiger partial charge in [0.05, 0.1) is 17.0 Å². The molecule has 3 nitrogen and oxygen atoms in total. The molecule has 0 aliphatic heterocycles. The van der Waals surface area contributed by atoms with Crippen molar-refractivity contribution >= 4 is 17.2 Å². The first-order valence-corrected chi connectivity index (χ1v) is 7.97. The van der Waals surface area contributed by atoms with E-state index in [4.69, 9.17) is 4.74 Å². The lowest BCUT2D eigenvalue weighted by Gasteiger charge is -2.16. The standard InChI is InChI=1S/C17H21NO2S/c1-11(2)20-15-7-5-6-14(10-15)13(4)18-17(19)16-12(3)8-9-21-16/h5-11,13H,1-4H3,(H,18,19)/t13-/m1/s1. The summed E-state index contributed by atoms with van der Waals surface area (Å²) in [5, 5.41) is 4.97. The summed E-state index contributed by atoms with van der Waals surface area (Å²) in [7, 11) is 0. The number of hydrogen-bond acceptors (Lipinski definition) is 3. The van der Waals surface area contributed by atoms with Gasteiger partial charge in [-0.25, -0.2) is 0 Å². The van der Waals surface area contributed by atoms with Crippen molar-refractivity contribution < 1.29 is 9.53 Å². The Morgan fingerprint density at radius 1 is 1.24 bits per heavy atom. The quantitative estimate of drug-likeness (QED) is 0.892. The summed E-state index contributed by atoms with van der Waals surface area (Å²) in [5.41, 5.74) is 2.05. The van der Waals surface area contributed by atoms with Crippen LogP contribution in [0.2, 0.25) is 0 Å². The van der Waals surface area contributed by atoms with Crippen LogP contribution in [0.25, 0.3) is 0 Å². The molecule has 4 heteroatoms. The van der Waals surface area contributed by atoms with Crippen molar-refractivity contribution in [3.63, 3.8) is 0 Å². The first kappa shape index (κ1) is 15.6. The molecular formula is C17H21NO2S. The number of hydrogen-bond donors (Lipinski definition) is 1. The molecule has 1 atom stereocenters. The molecule has 21 heavy (non-hydrogen) atoms. The zero-order valence-electron chi connectivity index (χ0n) is 12.8. The Morgan fingerprint density at radius 2 is 2.00 bits per heavy atom. The highest BCUT2D eigenvalue weighted by molar-refractivity contribution is 7.12. The van der Waals surface area contributed by atoms with Crippen LogP contribution in [-0.2, 0) is 0 Å². The zero-order chi connectivity index (χ0) is 15.4. The number of aryl methyl sites for hydroxylation is 1. The molecule has 0 fully saturated rings. The van der Waals surface area contributed by atoms with Gasteiger partial charge >= 0.3 is 0 Å². The second-order valence-corrected chi connectivity index (χ2v) is 6.28. The highest BCUT2D eigenvalue weighted by atomic mass is 32.1. The van der Waals surface area contributed by atoms with Crippen LogP contribution in [0.1, 0.15) is 47.6 Å². The molecule has 1 N–H and O–H groups in total. The predicted molar refractivity (Wildman–Crippen MR) is 87.1 cm³/mol. The van der Waals surface area contributed by atoms with Crippen LogP contribution in [-0.4, -0.2) is 12.0 Å². The zero-order valence-corrected chi connectivity index (χ0v) is 13.7. The molecule has 0 saturated carbocycles. The topological polar surface area (TPSA) is 38.3 Å². The minimum Gasteiger partial charge on any atom is -0.491 e. The van der Waals surface area contributed by atoms with Gasteiger partial charge in [-0.15, -0.1) is 11.3 Å². The van der Waals surface area contributed by atoms with Gasteiger partial charge in [-0.2, -0.15) is 0 Å². The van der Waals surface area contributed by atoms with Gasteiger partial charge in [-0.3, -0.25) is 4.79 Å². The maximum Gasteiger partial charge on any atom is 0.262 e. The molecule has 0 spiro atoms. The van der Waals surface area contributed by atoms with Crippen LogP contribution >= 0.6 is 11.3 Å². The third-order valence-corrected chi connectivity index (χ3v) is 4.16. The van der Waals surface area contributed by atoms with E-state index in [1.165, 1.54) is 11.3 Å². The third-order valence-electron chi connectivity index (χ3n) is 3.15. The molecule has 0 radical (unpaired) electrons. The minimum absolute atomic E-state index is 0.0230. The van der Waals surface area contributed by atoms with Gasteiger partial charge in [0, 0.05) is 0 Å². The molecule has 0 aliphatic rings. The molecule has 2 aromatic rings. The largest absolute Gasteiger partial charge is 0.491 e. The Kier molecular flexibility index (Phi) is 5.02. The molecule has 0 unspecified atom stereocenters. The average molecular weight is 303 g/mol. The number of amides is 1. The van der Waals surface area contributed by atoms with Crippen molar-refractivity contribution in [2.24, 2.45) is 0 Å². The van der Waals surface area contributed by atoms with Gasteiger partial charge in [-0.05, 0) is 62.4 Å². The number of carbonyl (C=O) groups is 1. The SMILES string of the molecule is Cc1ccsc1C(=O)N[C@H](C)c1cccc(OC(C)C)c1. The summed E-state index contributed by atoms with van der Waals surface area (Å²) in [6, 6.07) is 9.76. The Hall–Kier alpha value is -1.81. The lowest BCUT2D eigenvalue weighted by molar-refractivity contribution is 0.0943. The van der Waals surface area contributed by atoms with E-state index in [2.05, 4.69) is 5.32 Å². The van der Waals surface area contributed by atoms with Crippen LogP contribution in [0.3, 0.4) is 0 Å². The molecule has 2 rings (SSSR count). The number of nitrogens with one attached hydrogen (secondary N) is 1. The predicted octanol–water partition coefficient (Wildman–Crippen LogP) is 4.33. The van der Waals surface area contributed by atoms with Crippen LogP contribution in [0.5, 0.6) is 5.75 Å². The van der Waals surface area contributed by atoms with Crippen LogP contribution < -0.4 is 10.1 Å². The molecule has 1 aromatic carbocycles. The van der Waals surface area contributed by atoms with E-state index in [9.17, 15) is 4.79 Å². The summed E-state index contributed by atoms with van der Waals surface area (Å²) in [5.74, 6) is 0.807. The van der Waals surface area contributed by atoms with Gasteiger partial charge in [-0.1, -0.05) is 12.1 Å². The van der Waals surface area contributed by atoms with Crippen molar-refractivity contribution in [1.29, 1.82) is 0 Å². The van der Waals surface area contributed by atoms with E-state index in [0.29, 0.717) is 0 Å². The highest BCUT2D eigenvalue weighted by Gasteiger charge is 2.14. The van der Waals surface area contributed by atoms with Crippen LogP contribution in [0.4, 0.5) is 0 Å². The number of carbonyl (C=O) groups excluding carboxylic acids is 1. The second-order valence-electron chi connectivity index (χ2n) is 5.37. The van der Waals surface area contributed by atoms with Crippen molar-refractivity contribution in [2.45, 2.75) is 39.8 Å². The summed E-state index contributed by atoms with van der Waals surface area (Å²) in [4.78, 5) is 13.0. The second kappa shape index (κ2) is 6.76. The smallest absolute Gasteiger partial charge is 0.262 e. The first-order chi connectivity index (χ1) is 9.97. The fourth-order valence-corrected chi connectivity index (χ4v) is 2.91. The summed E-state index contributed by atoms with van der Waals surface area (Å²) in [6.45, 7) is 7.93. The number of rotatable bonds is 5. The monoisotopic (exact) mass is 303 g/mol.